The van der Waals surface area contributed by atoms with E-state index in [0.717, 1.165) is 22.4 Å². The molecular weight excluding hydrogens is 398 g/mol. The van der Waals surface area contributed by atoms with Crippen LogP contribution in [0, 0.1) is 0 Å². The molecule has 0 saturated carbocycles. The van der Waals surface area contributed by atoms with Crippen LogP contribution in [0.15, 0.2) is 83.8 Å². The lowest BCUT2D eigenvalue weighted by atomic mass is 10.2. The van der Waals surface area contributed by atoms with Gasteiger partial charge in [0.05, 0.1) is 21.7 Å². The third kappa shape index (κ3) is 4.58. The molecule has 1 heterocycles. The quantitative estimate of drug-likeness (QED) is 0.464. The van der Waals surface area contributed by atoms with Crippen molar-refractivity contribution < 1.29 is 13.2 Å². The highest BCUT2D eigenvalue weighted by molar-refractivity contribution is 7.91. The summed E-state index contributed by atoms with van der Waals surface area (Å²) in [7, 11) is -3.37. The van der Waals surface area contributed by atoms with Gasteiger partial charge in [0.25, 0.3) is 0 Å². The number of anilines is 1. The number of rotatable bonds is 7. The monoisotopic (exact) mass is 419 g/mol. The first-order valence-corrected chi connectivity index (χ1v) is 11.3. The summed E-state index contributed by atoms with van der Waals surface area (Å²) in [4.78, 5) is 20.3. The zero-order valence-corrected chi connectivity index (χ0v) is 17.0. The second-order valence-corrected chi connectivity index (χ2v) is 9.07. The topological polar surface area (TPSA) is 91.9 Å². The lowest BCUT2D eigenvalue weighted by molar-refractivity contribution is -0.116. The number of nitrogens with one attached hydrogen (secondary N) is 2. The van der Waals surface area contributed by atoms with E-state index in [1.54, 1.807) is 42.5 Å². The third-order valence-corrected chi connectivity index (χ3v) is 6.57. The number of hydrogen-bond donors (Lipinski definition) is 2. The summed E-state index contributed by atoms with van der Waals surface area (Å²) < 4.78 is 24.5. The molecule has 2 N–H and O–H groups in total. The zero-order valence-electron chi connectivity index (χ0n) is 16.2. The van der Waals surface area contributed by atoms with Gasteiger partial charge in [0.15, 0.2) is 9.84 Å². The van der Waals surface area contributed by atoms with Crippen molar-refractivity contribution in [3.05, 3.63) is 78.9 Å². The van der Waals surface area contributed by atoms with E-state index in [2.05, 4.69) is 15.3 Å². The van der Waals surface area contributed by atoms with Gasteiger partial charge in [-0.3, -0.25) is 4.79 Å². The Labute approximate surface area is 174 Å². The average Bonchev–Trinajstić information content (AvgIpc) is 3.19. The molecule has 0 spiro atoms. The summed E-state index contributed by atoms with van der Waals surface area (Å²) >= 11 is 0. The molecule has 0 bridgehead atoms. The highest BCUT2D eigenvalue weighted by Crippen LogP contribution is 2.22. The van der Waals surface area contributed by atoms with E-state index in [1.165, 1.54) is 0 Å². The van der Waals surface area contributed by atoms with Gasteiger partial charge in [0.2, 0.25) is 5.91 Å². The second kappa shape index (κ2) is 8.51. The minimum Gasteiger partial charge on any atom is -0.338 e. The van der Waals surface area contributed by atoms with Crippen LogP contribution < -0.4 is 5.32 Å². The van der Waals surface area contributed by atoms with E-state index in [4.69, 9.17) is 0 Å². The van der Waals surface area contributed by atoms with Crippen LogP contribution in [0.5, 0.6) is 0 Å². The van der Waals surface area contributed by atoms with E-state index < -0.39 is 9.84 Å². The maximum Gasteiger partial charge on any atom is 0.224 e. The molecule has 0 aliphatic carbocycles. The Morgan fingerprint density at radius 2 is 1.60 bits per heavy atom. The predicted molar refractivity (Wildman–Crippen MR) is 118 cm³/mol. The highest BCUT2D eigenvalue weighted by atomic mass is 32.2. The standard InChI is InChI=1S/C23H21N3O3S/c27-22(11-6-16-30(28,29)19-7-2-1-3-8-19)24-18-14-12-17(13-15-18)23-25-20-9-4-5-10-21(20)26-23/h1-5,7-10,12-15H,6,11,16H2,(H,24,27)(H,25,26). The minimum absolute atomic E-state index is 0.0601. The van der Waals surface area contributed by atoms with Gasteiger partial charge in [0, 0.05) is 17.7 Å². The number of amides is 1. The molecule has 0 radical (unpaired) electrons. The summed E-state index contributed by atoms with van der Waals surface area (Å²) in [5.41, 5.74) is 3.44. The molecule has 0 aliphatic rings. The molecule has 0 fully saturated rings. The number of sulfone groups is 1. The molecule has 30 heavy (non-hydrogen) atoms. The maximum atomic E-state index is 12.3. The lowest BCUT2D eigenvalue weighted by Crippen LogP contribution is -2.14. The van der Waals surface area contributed by atoms with Crippen molar-refractivity contribution >= 4 is 32.5 Å². The Kier molecular flexibility index (Phi) is 5.63. The summed E-state index contributed by atoms with van der Waals surface area (Å²) in [6, 6.07) is 23.5. The number of fused-ring (bicyclic) bond motifs is 1. The Morgan fingerprint density at radius 1 is 0.900 bits per heavy atom. The van der Waals surface area contributed by atoms with Gasteiger partial charge >= 0.3 is 0 Å². The van der Waals surface area contributed by atoms with Crippen LogP contribution in [0.3, 0.4) is 0 Å². The van der Waals surface area contributed by atoms with Crippen molar-refractivity contribution in [1.82, 2.24) is 9.97 Å². The summed E-state index contributed by atoms with van der Waals surface area (Å²) in [6.45, 7) is 0. The molecule has 0 unspecified atom stereocenters. The summed E-state index contributed by atoms with van der Waals surface area (Å²) in [5.74, 6) is 0.491. The Morgan fingerprint density at radius 3 is 2.33 bits per heavy atom. The van der Waals surface area contributed by atoms with Gasteiger partial charge in [0.1, 0.15) is 5.82 Å². The molecule has 7 heteroatoms. The molecule has 4 aromatic rings. The van der Waals surface area contributed by atoms with Crippen molar-refractivity contribution in [1.29, 1.82) is 0 Å². The van der Waals surface area contributed by atoms with Gasteiger partial charge in [-0.25, -0.2) is 13.4 Å². The maximum absolute atomic E-state index is 12.3. The van der Waals surface area contributed by atoms with E-state index in [0.29, 0.717) is 5.69 Å². The van der Waals surface area contributed by atoms with Crippen LogP contribution in [0.1, 0.15) is 12.8 Å². The molecule has 0 saturated heterocycles. The van der Waals surface area contributed by atoms with Crippen LogP contribution in [0.4, 0.5) is 5.69 Å². The highest BCUT2D eigenvalue weighted by Gasteiger charge is 2.14. The second-order valence-electron chi connectivity index (χ2n) is 6.96. The number of imidazole rings is 1. The number of benzene rings is 3. The third-order valence-electron chi connectivity index (χ3n) is 4.75. The zero-order chi connectivity index (χ0) is 21.0. The molecule has 6 nitrogen and oxygen atoms in total. The van der Waals surface area contributed by atoms with E-state index >= 15 is 0 Å². The van der Waals surface area contributed by atoms with Gasteiger partial charge in [-0.05, 0) is 55.0 Å². The first-order chi connectivity index (χ1) is 14.5. The lowest BCUT2D eigenvalue weighted by Gasteiger charge is -2.07. The van der Waals surface area contributed by atoms with E-state index in [-0.39, 0.29) is 29.4 Å². The normalized spacial score (nSPS) is 11.5. The van der Waals surface area contributed by atoms with E-state index in [1.807, 2.05) is 36.4 Å². The van der Waals surface area contributed by atoms with Gasteiger partial charge in [-0.1, -0.05) is 30.3 Å². The molecule has 0 aliphatic heterocycles. The first-order valence-electron chi connectivity index (χ1n) is 9.64. The largest absolute Gasteiger partial charge is 0.338 e. The van der Waals surface area contributed by atoms with Crippen molar-refractivity contribution in [2.45, 2.75) is 17.7 Å². The SMILES string of the molecule is O=C(CCCS(=O)(=O)c1ccccc1)Nc1ccc(-c2nc3ccccc3[nH]2)cc1. The average molecular weight is 420 g/mol. The predicted octanol–water partition coefficient (Wildman–Crippen LogP) is 4.42. The van der Waals surface area contributed by atoms with Gasteiger partial charge in [-0.15, -0.1) is 0 Å². The Hall–Kier alpha value is -3.45. The van der Waals surface area contributed by atoms with Gasteiger partial charge < -0.3 is 10.3 Å². The fourth-order valence-corrected chi connectivity index (χ4v) is 4.52. The molecular formula is C23H21N3O3S. The number of hydrogen-bond acceptors (Lipinski definition) is 4. The van der Waals surface area contributed by atoms with Crippen LogP contribution in [-0.2, 0) is 14.6 Å². The number of carbonyl (C=O) groups is 1. The van der Waals surface area contributed by atoms with Crippen molar-refractivity contribution in [3.63, 3.8) is 0 Å². The smallest absolute Gasteiger partial charge is 0.224 e. The Balaban J connectivity index is 1.32. The van der Waals surface area contributed by atoms with Crippen molar-refractivity contribution in [2.75, 3.05) is 11.1 Å². The Bertz CT molecular complexity index is 1230. The summed E-state index contributed by atoms with van der Waals surface area (Å²) in [6.07, 6.45) is 0.400. The van der Waals surface area contributed by atoms with Crippen molar-refractivity contribution in [3.8, 4) is 11.4 Å². The van der Waals surface area contributed by atoms with Crippen LogP contribution in [0.2, 0.25) is 0 Å². The number of aromatic amines is 1. The fourth-order valence-electron chi connectivity index (χ4n) is 3.19. The van der Waals surface area contributed by atoms with E-state index in [9.17, 15) is 13.2 Å². The number of para-hydroxylation sites is 2. The number of aromatic nitrogens is 2. The number of H-pyrrole nitrogens is 1. The molecule has 0 atom stereocenters. The number of nitrogens with zero attached hydrogens (tertiary/aromatic N) is 1. The van der Waals surface area contributed by atoms with Crippen LogP contribution in [0.25, 0.3) is 22.4 Å². The summed E-state index contributed by atoms with van der Waals surface area (Å²) in [5, 5.41) is 2.81. The minimum atomic E-state index is -3.37. The molecule has 152 valence electrons. The van der Waals surface area contributed by atoms with Gasteiger partial charge in [-0.2, -0.15) is 0 Å². The van der Waals surface area contributed by atoms with Crippen molar-refractivity contribution in [2.24, 2.45) is 0 Å². The molecule has 4 rings (SSSR count). The first kappa shape index (κ1) is 19.8. The molecule has 1 aromatic heterocycles. The molecule has 1 amide bonds. The number of carbonyl (C=O) groups excluding carboxylic acids is 1. The van der Waals surface area contributed by atoms with Crippen LogP contribution in [-0.4, -0.2) is 30.0 Å². The van der Waals surface area contributed by atoms with Crippen LogP contribution >= 0.6 is 0 Å². The molecule has 3 aromatic carbocycles. The fraction of sp³-hybridized carbons (Fsp3) is 0.130.